The molecule has 3 rings (SSSR count). The van der Waals surface area contributed by atoms with Gasteiger partial charge in [0.2, 0.25) is 0 Å². The molecule has 0 radical (unpaired) electrons. The van der Waals surface area contributed by atoms with E-state index in [9.17, 15) is 4.79 Å². The number of carbonyl (C=O) groups is 1. The van der Waals surface area contributed by atoms with Crippen molar-refractivity contribution in [3.05, 3.63) is 29.3 Å². The van der Waals surface area contributed by atoms with Crippen LogP contribution in [0.3, 0.4) is 0 Å². The molecule has 0 bridgehead atoms. The molecule has 0 aromatic heterocycles. The third-order valence-corrected chi connectivity index (χ3v) is 5.62. The second-order valence-electron chi connectivity index (χ2n) is 7.91. The summed E-state index contributed by atoms with van der Waals surface area (Å²) in [6.07, 6.45) is 0.866. The lowest BCUT2D eigenvalue weighted by Gasteiger charge is -2.32. The molecule has 2 fully saturated rings. The zero-order chi connectivity index (χ0) is 17.7. The maximum Gasteiger partial charge on any atom is 0.495 e. The summed E-state index contributed by atoms with van der Waals surface area (Å²) < 4.78 is 17.5. The molecule has 1 aliphatic carbocycles. The predicted octanol–water partition coefficient (Wildman–Crippen LogP) is 2.96. The van der Waals surface area contributed by atoms with Gasteiger partial charge in [-0.05, 0) is 64.9 Å². The van der Waals surface area contributed by atoms with Crippen molar-refractivity contribution >= 4 is 18.6 Å². The minimum atomic E-state index is -0.366. The lowest BCUT2D eigenvalue weighted by atomic mass is 9.75. The molecule has 1 aliphatic heterocycles. The first-order valence-electron chi connectivity index (χ1n) is 8.79. The van der Waals surface area contributed by atoms with Crippen molar-refractivity contribution in [1.82, 2.24) is 0 Å². The summed E-state index contributed by atoms with van der Waals surface area (Å²) in [4.78, 5) is 11.9. The van der Waals surface area contributed by atoms with Crippen LogP contribution >= 0.6 is 0 Å². The predicted molar refractivity (Wildman–Crippen MR) is 94.4 cm³/mol. The number of hydrogen-bond donors (Lipinski definition) is 0. The first kappa shape index (κ1) is 17.5. The van der Waals surface area contributed by atoms with Crippen LogP contribution in [0.5, 0.6) is 0 Å². The van der Waals surface area contributed by atoms with Gasteiger partial charge < -0.3 is 14.0 Å². The van der Waals surface area contributed by atoms with Crippen LogP contribution in [0.4, 0.5) is 0 Å². The fraction of sp³-hybridized carbons (Fsp3) is 0.632. The fourth-order valence-corrected chi connectivity index (χ4v) is 3.19. The SMILES string of the molecule is CCOC(=O)[C@@H]1C[C@@H]1c1ccc(C)c(B2OC(C)(C)C(C)(C)O2)c1. The van der Waals surface area contributed by atoms with E-state index in [1.807, 2.05) is 6.92 Å². The van der Waals surface area contributed by atoms with Gasteiger partial charge in [0.1, 0.15) is 0 Å². The Morgan fingerprint density at radius 3 is 2.46 bits per heavy atom. The zero-order valence-electron chi connectivity index (χ0n) is 15.5. The van der Waals surface area contributed by atoms with Gasteiger partial charge in [-0.15, -0.1) is 0 Å². The first-order valence-corrected chi connectivity index (χ1v) is 8.79. The summed E-state index contributed by atoms with van der Waals surface area (Å²) in [6.45, 7) is 12.6. The monoisotopic (exact) mass is 330 g/mol. The molecule has 2 atom stereocenters. The van der Waals surface area contributed by atoms with E-state index in [0.717, 1.165) is 17.4 Å². The van der Waals surface area contributed by atoms with E-state index in [0.29, 0.717) is 6.61 Å². The molecule has 130 valence electrons. The molecular formula is C19H27BO4. The highest BCUT2D eigenvalue weighted by Gasteiger charge is 2.52. The molecule has 5 heteroatoms. The number of rotatable bonds is 4. The second-order valence-corrected chi connectivity index (χ2v) is 7.91. The average Bonchev–Trinajstić information content (AvgIpc) is 3.23. The Balaban J connectivity index is 1.81. The highest BCUT2D eigenvalue weighted by molar-refractivity contribution is 6.62. The van der Waals surface area contributed by atoms with Crippen LogP contribution in [0.15, 0.2) is 18.2 Å². The summed E-state index contributed by atoms with van der Waals surface area (Å²) in [6, 6.07) is 6.34. The Hall–Kier alpha value is -1.33. The quantitative estimate of drug-likeness (QED) is 0.629. The topological polar surface area (TPSA) is 44.8 Å². The van der Waals surface area contributed by atoms with Crippen molar-refractivity contribution in [3.63, 3.8) is 0 Å². The van der Waals surface area contributed by atoms with Crippen molar-refractivity contribution in [2.24, 2.45) is 5.92 Å². The molecule has 0 amide bonds. The maximum atomic E-state index is 11.9. The van der Waals surface area contributed by atoms with Crippen LogP contribution in [0.1, 0.15) is 58.1 Å². The standard InChI is InChI=1S/C19H27BO4/c1-7-22-17(21)15-11-14(15)13-9-8-12(2)16(10-13)20-23-18(3,4)19(5,6)24-20/h8-10,14-15H,7,11H2,1-6H3/t14-,15-/m1/s1. The average molecular weight is 330 g/mol. The van der Waals surface area contributed by atoms with Gasteiger partial charge in [-0.2, -0.15) is 0 Å². The second kappa shape index (κ2) is 5.89. The molecule has 0 unspecified atom stereocenters. The smallest absolute Gasteiger partial charge is 0.466 e. The van der Waals surface area contributed by atoms with Crippen molar-refractivity contribution in [1.29, 1.82) is 0 Å². The zero-order valence-corrected chi connectivity index (χ0v) is 15.5. The van der Waals surface area contributed by atoms with Crippen LogP contribution in [0.25, 0.3) is 0 Å². The normalized spacial score (nSPS) is 27.2. The molecule has 1 heterocycles. The number of carbonyl (C=O) groups excluding carboxylic acids is 1. The third kappa shape index (κ3) is 3.00. The highest BCUT2D eigenvalue weighted by Crippen LogP contribution is 2.48. The van der Waals surface area contributed by atoms with E-state index in [1.165, 1.54) is 5.56 Å². The van der Waals surface area contributed by atoms with Crippen molar-refractivity contribution in [2.75, 3.05) is 6.61 Å². The van der Waals surface area contributed by atoms with Crippen molar-refractivity contribution in [2.45, 2.75) is 65.1 Å². The van der Waals surface area contributed by atoms with Crippen LogP contribution < -0.4 is 5.46 Å². The largest absolute Gasteiger partial charge is 0.495 e. The molecule has 0 spiro atoms. The maximum absolute atomic E-state index is 11.9. The van der Waals surface area contributed by atoms with Gasteiger partial charge in [-0.1, -0.05) is 23.8 Å². The molecule has 1 saturated carbocycles. The van der Waals surface area contributed by atoms with E-state index < -0.39 is 0 Å². The molecule has 2 aliphatic rings. The van der Waals surface area contributed by atoms with E-state index in [2.05, 4.69) is 52.8 Å². The van der Waals surface area contributed by atoms with Crippen molar-refractivity contribution in [3.8, 4) is 0 Å². The Morgan fingerprint density at radius 2 is 1.88 bits per heavy atom. The number of ether oxygens (including phenoxy) is 1. The van der Waals surface area contributed by atoms with Gasteiger partial charge in [-0.25, -0.2) is 0 Å². The van der Waals surface area contributed by atoms with Gasteiger partial charge in [0.15, 0.2) is 0 Å². The van der Waals surface area contributed by atoms with E-state index in [1.54, 1.807) is 0 Å². The number of benzene rings is 1. The highest BCUT2D eigenvalue weighted by atomic mass is 16.7. The molecule has 4 nitrogen and oxygen atoms in total. The minimum absolute atomic E-state index is 0.00111. The van der Waals surface area contributed by atoms with Gasteiger partial charge >= 0.3 is 13.1 Å². The Labute approximate surface area is 145 Å². The Morgan fingerprint density at radius 1 is 1.25 bits per heavy atom. The van der Waals surface area contributed by atoms with E-state index in [-0.39, 0.29) is 36.1 Å². The van der Waals surface area contributed by atoms with Crippen LogP contribution in [-0.2, 0) is 18.8 Å². The number of hydrogen-bond acceptors (Lipinski definition) is 4. The van der Waals surface area contributed by atoms with Crippen LogP contribution in [0, 0.1) is 12.8 Å². The summed E-state index contributed by atoms with van der Waals surface area (Å²) in [7, 11) is -0.366. The summed E-state index contributed by atoms with van der Waals surface area (Å²) in [5, 5.41) is 0. The fourth-order valence-electron chi connectivity index (χ4n) is 3.19. The first-order chi connectivity index (χ1) is 11.2. The lowest BCUT2D eigenvalue weighted by Crippen LogP contribution is -2.41. The van der Waals surface area contributed by atoms with E-state index in [4.69, 9.17) is 14.0 Å². The van der Waals surface area contributed by atoms with Gasteiger partial charge in [0.05, 0.1) is 23.7 Å². The summed E-state index contributed by atoms with van der Waals surface area (Å²) in [5.74, 6) is 0.171. The minimum Gasteiger partial charge on any atom is -0.466 e. The summed E-state index contributed by atoms with van der Waals surface area (Å²) >= 11 is 0. The number of esters is 1. The molecule has 0 N–H and O–H groups in total. The molecular weight excluding hydrogens is 303 g/mol. The van der Waals surface area contributed by atoms with Gasteiger partial charge in [0, 0.05) is 0 Å². The summed E-state index contributed by atoms with van der Waals surface area (Å²) in [5.41, 5.74) is 2.66. The van der Waals surface area contributed by atoms with Crippen LogP contribution in [-0.4, -0.2) is 30.9 Å². The van der Waals surface area contributed by atoms with Gasteiger partial charge in [-0.3, -0.25) is 4.79 Å². The van der Waals surface area contributed by atoms with Crippen LogP contribution in [0.2, 0.25) is 0 Å². The molecule has 24 heavy (non-hydrogen) atoms. The number of aryl methyl sites for hydroxylation is 1. The molecule has 1 aromatic carbocycles. The van der Waals surface area contributed by atoms with Crippen molar-refractivity contribution < 1.29 is 18.8 Å². The van der Waals surface area contributed by atoms with E-state index >= 15 is 0 Å². The van der Waals surface area contributed by atoms with Gasteiger partial charge in [0.25, 0.3) is 0 Å². The molecule has 1 saturated heterocycles. The molecule has 1 aromatic rings. The Bertz CT molecular complexity index is 637. The Kier molecular flexibility index (Phi) is 4.29. The lowest BCUT2D eigenvalue weighted by molar-refractivity contribution is -0.144. The third-order valence-electron chi connectivity index (χ3n) is 5.62.